The van der Waals surface area contributed by atoms with Crippen LogP contribution in [0.4, 0.5) is 17.2 Å². The van der Waals surface area contributed by atoms with Gasteiger partial charge in [-0.2, -0.15) is 10.4 Å². The zero-order valence-electron chi connectivity index (χ0n) is 18.4. The van der Waals surface area contributed by atoms with Gasteiger partial charge in [0.25, 0.3) is 5.91 Å². The maximum Gasteiger partial charge on any atom is 0.259 e. The molecule has 8 heteroatoms. The van der Waals surface area contributed by atoms with Crippen molar-refractivity contribution in [1.82, 2.24) is 10.2 Å². The molecule has 3 N–H and O–H groups in total. The first-order chi connectivity index (χ1) is 15.9. The molecule has 0 aliphatic heterocycles. The number of phenolic OH excluding ortho intramolecular Hbond substituents is 1. The lowest BCUT2D eigenvalue weighted by molar-refractivity contribution is 0.102. The number of hydrogen-bond acceptors (Lipinski definition) is 6. The molecule has 164 valence electrons. The van der Waals surface area contributed by atoms with Gasteiger partial charge in [0.2, 0.25) is 0 Å². The average molecular weight is 438 g/mol. The van der Waals surface area contributed by atoms with Gasteiger partial charge in [-0.05, 0) is 42.0 Å². The number of carbonyl (C=O) groups is 1. The van der Waals surface area contributed by atoms with E-state index in [2.05, 4.69) is 39.6 Å². The van der Waals surface area contributed by atoms with E-state index in [-0.39, 0.29) is 28.4 Å². The second-order valence-electron chi connectivity index (χ2n) is 7.92. The van der Waals surface area contributed by atoms with Crippen molar-refractivity contribution in [2.75, 3.05) is 5.32 Å². The third kappa shape index (κ3) is 4.29. The standard InChI is InChI=1S/C25H22N6O2/c1-14(2)16-8-10-18(11-9-16)27-25(33)20-12-17-6-4-5-7-19(17)22(23(20)32)29-31-24-21(13-26)15(3)28-30-24/h4-12,14,32H,1-3H3,(H,27,33)(H,28,30)/b31-29+. The molecule has 0 atom stereocenters. The Hall–Kier alpha value is -4.51. The molecule has 0 spiro atoms. The number of azo groups is 1. The molecule has 4 rings (SSSR count). The Morgan fingerprint density at radius 2 is 1.88 bits per heavy atom. The Kier molecular flexibility index (Phi) is 5.87. The van der Waals surface area contributed by atoms with Gasteiger partial charge in [-0.25, -0.2) is 0 Å². The summed E-state index contributed by atoms with van der Waals surface area (Å²) >= 11 is 0. The fourth-order valence-corrected chi connectivity index (χ4v) is 3.47. The van der Waals surface area contributed by atoms with Gasteiger partial charge in [-0.3, -0.25) is 9.89 Å². The van der Waals surface area contributed by atoms with E-state index in [1.54, 1.807) is 25.1 Å². The van der Waals surface area contributed by atoms with Crippen LogP contribution in [0.15, 0.2) is 64.8 Å². The highest BCUT2D eigenvalue weighted by Crippen LogP contribution is 2.39. The normalized spacial score (nSPS) is 11.2. The van der Waals surface area contributed by atoms with E-state index >= 15 is 0 Å². The number of nitrogens with zero attached hydrogens (tertiary/aromatic N) is 4. The van der Waals surface area contributed by atoms with Crippen molar-refractivity contribution >= 4 is 33.9 Å². The maximum absolute atomic E-state index is 13.0. The highest BCUT2D eigenvalue weighted by Gasteiger charge is 2.19. The Labute approximate surface area is 190 Å². The van der Waals surface area contributed by atoms with E-state index < -0.39 is 5.91 Å². The van der Waals surface area contributed by atoms with Gasteiger partial charge in [0.05, 0.1) is 11.3 Å². The molecule has 0 radical (unpaired) electrons. The molecule has 0 aliphatic rings. The highest BCUT2D eigenvalue weighted by molar-refractivity contribution is 6.11. The number of phenols is 1. The number of benzene rings is 3. The highest BCUT2D eigenvalue weighted by atomic mass is 16.3. The van der Waals surface area contributed by atoms with Crippen LogP contribution in [0.1, 0.15) is 46.9 Å². The third-order valence-electron chi connectivity index (χ3n) is 5.36. The van der Waals surface area contributed by atoms with E-state index in [4.69, 9.17) is 0 Å². The topological polar surface area (TPSA) is 127 Å². The minimum Gasteiger partial charge on any atom is -0.505 e. The second kappa shape index (κ2) is 8.93. The number of aryl methyl sites for hydroxylation is 1. The summed E-state index contributed by atoms with van der Waals surface area (Å²) in [5.74, 6) is -0.211. The van der Waals surface area contributed by atoms with Crippen LogP contribution in [0.2, 0.25) is 0 Å². The van der Waals surface area contributed by atoms with Gasteiger partial charge in [0.1, 0.15) is 17.3 Å². The van der Waals surface area contributed by atoms with Gasteiger partial charge in [-0.1, -0.05) is 50.2 Å². The summed E-state index contributed by atoms with van der Waals surface area (Å²) in [6, 6.07) is 18.4. The number of aromatic nitrogens is 2. The van der Waals surface area contributed by atoms with Crippen molar-refractivity contribution in [2.45, 2.75) is 26.7 Å². The Morgan fingerprint density at radius 1 is 1.15 bits per heavy atom. The zero-order chi connectivity index (χ0) is 23.5. The molecular weight excluding hydrogens is 416 g/mol. The number of aromatic hydroxyl groups is 1. The molecule has 8 nitrogen and oxygen atoms in total. The summed E-state index contributed by atoms with van der Waals surface area (Å²) < 4.78 is 0. The number of amides is 1. The van der Waals surface area contributed by atoms with Crippen molar-refractivity contribution in [1.29, 1.82) is 5.26 Å². The minimum absolute atomic E-state index is 0.0666. The number of rotatable bonds is 5. The Morgan fingerprint density at radius 3 is 2.58 bits per heavy atom. The predicted octanol–water partition coefficient (Wildman–Crippen LogP) is 6.24. The molecule has 33 heavy (non-hydrogen) atoms. The van der Waals surface area contributed by atoms with Gasteiger partial charge in [0, 0.05) is 11.1 Å². The number of carbonyl (C=O) groups excluding carboxylic acids is 1. The summed E-state index contributed by atoms with van der Waals surface area (Å²) in [6.45, 7) is 5.88. The first-order valence-electron chi connectivity index (χ1n) is 10.4. The van der Waals surface area contributed by atoms with Crippen molar-refractivity contribution < 1.29 is 9.90 Å². The van der Waals surface area contributed by atoms with E-state index in [0.29, 0.717) is 28.1 Å². The number of fused-ring (bicyclic) bond motifs is 1. The third-order valence-corrected chi connectivity index (χ3v) is 5.36. The predicted molar refractivity (Wildman–Crippen MR) is 126 cm³/mol. The minimum atomic E-state index is -0.470. The number of hydrogen-bond donors (Lipinski definition) is 3. The molecular formula is C25H22N6O2. The molecule has 0 aliphatic carbocycles. The van der Waals surface area contributed by atoms with Crippen LogP contribution in [0.5, 0.6) is 5.75 Å². The van der Waals surface area contributed by atoms with Crippen LogP contribution in [0, 0.1) is 18.3 Å². The monoisotopic (exact) mass is 438 g/mol. The van der Waals surface area contributed by atoms with Gasteiger partial charge in [0.15, 0.2) is 11.6 Å². The second-order valence-corrected chi connectivity index (χ2v) is 7.92. The van der Waals surface area contributed by atoms with Crippen molar-refractivity contribution in [3.8, 4) is 11.8 Å². The molecule has 3 aromatic carbocycles. The van der Waals surface area contributed by atoms with Crippen LogP contribution >= 0.6 is 0 Å². The number of anilines is 1. The van der Waals surface area contributed by atoms with Crippen molar-refractivity contribution in [2.24, 2.45) is 10.2 Å². The van der Waals surface area contributed by atoms with Crippen molar-refractivity contribution in [3.05, 3.63) is 77.0 Å². The molecule has 0 unspecified atom stereocenters. The fourth-order valence-electron chi connectivity index (χ4n) is 3.47. The largest absolute Gasteiger partial charge is 0.505 e. The van der Waals surface area contributed by atoms with Crippen LogP contribution in [0.25, 0.3) is 10.8 Å². The van der Waals surface area contributed by atoms with Crippen LogP contribution in [0.3, 0.4) is 0 Å². The zero-order valence-corrected chi connectivity index (χ0v) is 18.4. The first-order valence-corrected chi connectivity index (χ1v) is 10.4. The van der Waals surface area contributed by atoms with Crippen LogP contribution in [-0.2, 0) is 0 Å². The molecule has 0 saturated heterocycles. The van der Waals surface area contributed by atoms with E-state index in [1.807, 2.05) is 42.5 Å². The first kappa shape index (κ1) is 21.7. The number of nitriles is 1. The summed E-state index contributed by atoms with van der Waals surface area (Å²) in [5.41, 5.74) is 2.74. The maximum atomic E-state index is 13.0. The summed E-state index contributed by atoms with van der Waals surface area (Å²) in [4.78, 5) is 13.0. The molecule has 0 bridgehead atoms. The number of aromatic amines is 1. The average Bonchev–Trinajstić information content (AvgIpc) is 3.17. The SMILES string of the molecule is Cc1n[nH]c(/N=N/c2c(O)c(C(=O)Nc3ccc(C(C)C)cc3)cc3ccccc23)c1C#N. The molecule has 0 fully saturated rings. The Bertz CT molecular complexity index is 1410. The van der Waals surface area contributed by atoms with E-state index in [9.17, 15) is 15.2 Å². The van der Waals surface area contributed by atoms with Gasteiger partial charge >= 0.3 is 0 Å². The molecule has 1 aromatic heterocycles. The summed E-state index contributed by atoms with van der Waals surface area (Å²) in [6.07, 6.45) is 0. The van der Waals surface area contributed by atoms with Crippen LogP contribution in [-0.4, -0.2) is 21.2 Å². The molecule has 4 aromatic rings. The fraction of sp³-hybridized carbons (Fsp3) is 0.160. The van der Waals surface area contributed by atoms with E-state index in [0.717, 1.165) is 5.56 Å². The Balaban J connectivity index is 1.74. The number of nitrogens with one attached hydrogen (secondary N) is 2. The van der Waals surface area contributed by atoms with Gasteiger partial charge < -0.3 is 10.4 Å². The van der Waals surface area contributed by atoms with Crippen molar-refractivity contribution in [3.63, 3.8) is 0 Å². The lowest BCUT2D eigenvalue weighted by atomic mass is 10.0. The summed E-state index contributed by atoms with van der Waals surface area (Å²) in [7, 11) is 0. The lowest BCUT2D eigenvalue weighted by Gasteiger charge is -2.12. The summed E-state index contributed by atoms with van der Waals surface area (Å²) in [5, 5.41) is 39.3. The van der Waals surface area contributed by atoms with E-state index in [1.165, 1.54) is 0 Å². The van der Waals surface area contributed by atoms with Crippen LogP contribution < -0.4 is 5.32 Å². The lowest BCUT2D eigenvalue weighted by Crippen LogP contribution is -2.12. The van der Waals surface area contributed by atoms with Gasteiger partial charge in [-0.15, -0.1) is 10.2 Å². The molecule has 1 heterocycles. The number of H-pyrrole nitrogens is 1. The molecule has 0 saturated carbocycles. The quantitative estimate of drug-likeness (QED) is 0.319. The molecule has 1 amide bonds. The smallest absolute Gasteiger partial charge is 0.259 e.